The molecule has 1 aliphatic heterocycles. The van der Waals surface area contributed by atoms with Crippen LogP contribution in [0.5, 0.6) is 0 Å². The van der Waals surface area contributed by atoms with Gasteiger partial charge in [-0.3, -0.25) is 14.5 Å². The number of guanidine groups is 1. The number of hydrogen-bond acceptors (Lipinski definition) is 3. The van der Waals surface area contributed by atoms with E-state index >= 15 is 0 Å². The molecule has 3 rings (SSSR count). The van der Waals surface area contributed by atoms with Crippen molar-refractivity contribution in [3.63, 3.8) is 0 Å². The van der Waals surface area contributed by atoms with Crippen molar-refractivity contribution in [2.45, 2.75) is 38.3 Å². The van der Waals surface area contributed by atoms with Crippen LogP contribution in [-0.4, -0.2) is 53.2 Å². The SMILES string of the molecule is CN=C(NC[C@@H]1CC(=O)N(C)[C@H]1c1cnn(C)c1C)NC1CC1.I. The molecule has 1 saturated heterocycles. The normalized spacial score (nSPS) is 24.1. The molecule has 1 aromatic rings. The second-order valence-electron chi connectivity index (χ2n) is 6.59. The van der Waals surface area contributed by atoms with Gasteiger partial charge in [0.15, 0.2) is 5.96 Å². The number of halogens is 1. The summed E-state index contributed by atoms with van der Waals surface area (Å²) in [7, 11) is 5.60. The molecule has 0 aromatic carbocycles. The summed E-state index contributed by atoms with van der Waals surface area (Å²) < 4.78 is 1.87. The fraction of sp³-hybridized carbons (Fsp3) is 0.688. The quantitative estimate of drug-likeness (QED) is 0.414. The lowest BCUT2D eigenvalue weighted by atomic mass is 9.94. The lowest BCUT2D eigenvalue weighted by Gasteiger charge is -2.25. The Balaban J connectivity index is 0.00000208. The Kier molecular flexibility index (Phi) is 6.11. The average molecular weight is 446 g/mol. The minimum Gasteiger partial charge on any atom is -0.356 e. The van der Waals surface area contributed by atoms with Crippen LogP contribution in [0, 0.1) is 12.8 Å². The summed E-state index contributed by atoms with van der Waals surface area (Å²) in [6, 6.07) is 0.633. The molecule has 1 aromatic heterocycles. The Morgan fingerprint density at radius 1 is 1.42 bits per heavy atom. The Morgan fingerprint density at radius 2 is 2.12 bits per heavy atom. The van der Waals surface area contributed by atoms with E-state index < -0.39 is 0 Å². The molecule has 2 N–H and O–H groups in total. The van der Waals surface area contributed by atoms with E-state index in [0.29, 0.717) is 12.5 Å². The summed E-state index contributed by atoms with van der Waals surface area (Å²) in [6.45, 7) is 2.78. The van der Waals surface area contributed by atoms with Gasteiger partial charge in [0.25, 0.3) is 0 Å². The molecule has 1 aliphatic carbocycles. The van der Waals surface area contributed by atoms with Crippen LogP contribution in [0.3, 0.4) is 0 Å². The van der Waals surface area contributed by atoms with Crippen molar-refractivity contribution in [2.75, 3.05) is 20.6 Å². The van der Waals surface area contributed by atoms with Crippen molar-refractivity contribution in [3.05, 3.63) is 17.5 Å². The molecule has 24 heavy (non-hydrogen) atoms. The number of aryl methyl sites for hydroxylation is 1. The van der Waals surface area contributed by atoms with Gasteiger partial charge in [0.05, 0.1) is 12.2 Å². The molecule has 2 atom stereocenters. The maximum Gasteiger partial charge on any atom is 0.223 e. The van der Waals surface area contributed by atoms with E-state index in [2.05, 4.69) is 27.6 Å². The minimum absolute atomic E-state index is 0. The summed E-state index contributed by atoms with van der Waals surface area (Å²) in [5.41, 5.74) is 2.25. The molecule has 2 fully saturated rings. The number of likely N-dealkylation sites (tertiary alicyclic amines) is 1. The van der Waals surface area contributed by atoms with Crippen molar-refractivity contribution in [2.24, 2.45) is 18.0 Å². The highest BCUT2D eigenvalue weighted by molar-refractivity contribution is 14.0. The maximum absolute atomic E-state index is 12.2. The topological polar surface area (TPSA) is 74.5 Å². The zero-order valence-corrected chi connectivity index (χ0v) is 17.1. The molecule has 2 heterocycles. The summed E-state index contributed by atoms with van der Waals surface area (Å²) in [6.07, 6.45) is 4.87. The number of hydrogen-bond donors (Lipinski definition) is 2. The highest BCUT2D eigenvalue weighted by Gasteiger charge is 2.40. The number of carbonyl (C=O) groups is 1. The standard InChI is InChI=1S/C16H26N6O.HI/c1-10-13(9-19-22(10)4)15-11(7-14(23)21(15)3)8-18-16(17-2)20-12-5-6-12;/h9,11-12,15H,5-8H2,1-4H3,(H2,17,18,20);1H/t11-,15+;/m0./s1. The summed E-state index contributed by atoms with van der Waals surface area (Å²) in [4.78, 5) is 18.3. The van der Waals surface area contributed by atoms with E-state index in [1.54, 1.807) is 7.05 Å². The first-order valence-electron chi connectivity index (χ1n) is 8.22. The molecule has 7 nitrogen and oxygen atoms in total. The Hall–Kier alpha value is -1.32. The lowest BCUT2D eigenvalue weighted by molar-refractivity contribution is -0.127. The number of aliphatic imine (C=N–C) groups is 1. The van der Waals surface area contributed by atoms with Crippen LogP contribution in [-0.2, 0) is 11.8 Å². The Bertz CT molecular complexity index is 624. The first-order chi connectivity index (χ1) is 11.0. The van der Waals surface area contributed by atoms with Crippen LogP contribution in [0.2, 0.25) is 0 Å². The molecular weight excluding hydrogens is 419 g/mol. The molecule has 2 aliphatic rings. The van der Waals surface area contributed by atoms with Crippen molar-refractivity contribution in [3.8, 4) is 0 Å². The molecule has 1 amide bonds. The lowest BCUT2D eigenvalue weighted by Crippen LogP contribution is -2.41. The molecule has 8 heteroatoms. The van der Waals surface area contributed by atoms with Gasteiger partial charge in [-0.15, -0.1) is 24.0 Å². The number of amides is 1. The van der Waals surface area contributed by atoms with Gasteiger partial charge in [0.1, 0.15) is 0 Å². The number of nitrogens with zero attached hydrogens (tertiary/aromatic N) is 4. The van der Waals surface area contributed by atoms with Gasteiger partial charge in [-0.1, -0.05) is 0 Å². The number of carbonyl (C=O) groups excluding carboxylic acids is 1. The first kappa shape index (κ1) is 19.0. The number of rotatable bonds is 4. The zero-order chi connectivity index (χ0) is 16.6. The van der Waals surface area contributed by atoms with Gasteiger partial charge in [0, 0.05) is 57.3 Å². The third-order valence-corrected chi connectivity index (χ3v) is 4.96. The van der Waals surface area contributed by atoms with Crippen LogP contribution in [0.1, 0.15) is 36.6 Å². The molecule has 0 spiro atoms. The molecule has 0 bridgehead atoms. The van der Waals surface area contributed by atoms with Crippen LogP contribution in [0.25, 0.3) is 0 Å². The highest BCUT2D eigenvalue weighted by atomic mass is 127. The largest absolute Gasteiger partial charge is 0.356 e. The third kappa shape index (κ3) is 3.84. The monoisotopic (exact) mass is 446 g/mol. The van der Waals surface area contributed by atoms with Crippen LogP contribution >= 0.6 is 24.0 Å². The summed E-state index contributed by atoms with van der Waals surface area (Å²) in [5, 5.41) is 11.1. The Morgan fingerprint density at radius 3 is 2.67 bits per heavy atom. The van der Waals surface area contributed by atoms with Crippen molar-refractivity contribution >= 4 is 35.8 Å². The van der Waals surface area contributed by atoms with Crippen molar-refractivity contribution in [1.29, 1.82) is 0 Å². The average Bonchev–Trinajstić information content (AvgIpc) is 3.24. The molecule has 0 radical (unpaired) electrons. The molecule has 1 saturated carbocycles. The fourth-order valence-electron chi connectivity index (χ4n) is 3.25. The smallest absolute Gasteiger partial charge is 0.223 e. The van der Waals surface area contributed by atoms with E-state index in [4.69, 9.17) is 0 Å². The van der Waals surface area contributed by atoms with Crippen molar-refractivity contribution in [1.82, 2.24) is 25.3 Å². The number of aromatic nitrogens is 2. The summed E-state index contributed by atoms with van der Waals surface area (Å²) >= 11 is 0. The van der Waals surface area contributed by atoms with E-state index in [0.717, 1.165) is 23.8 Å². The predicted octanol–water partition coefficient (Wildman–Crippen LogP) is 1.19. The van der Waals surface area contributed by atoms with E-state index in [1.165, 1.54) is 12.8 Å². The van der Waals surface area contributed by atoms with E-state index in [9.17, 15) is 4.79 Å². The minimum atomic E-state index is 0. The van der Waals surface area contributed by atoms with Gasteiger partial charge in [-0.05, 0) is 19.8 Å². The van der Waals surface area contributed by atoms with Crippen LogP contribution in [0.4, 0.5) is 0 Å². The summed E-state index contributed by atoms with van der Waals surface area (Å²) in [5.74, 6) is 1.24. The van der Waals surface area contributed by atoms with E-state index in [-0.39, 0.29) is 41.8 Å². The Labute approximate surface area is 160 Å². The fourth-order valence-corrected chi connectivity index (χ4v) is 3.25. The van der Waals surface area contributed by atoms with Crippen molar-refractivity contribution < 1.29 is 4.79 Å². The predicted molar refractivity (Wildman–Crippen MR) is 104 cm³/mol. The van der Waals surface area contributed by atoms with Crippen LogP contribution in [0.15, 0.2) is 11.2 Å². The first-order valence-corrected chi connectivity index (χ1v) is 8.22. The second kappa shape index (κ2) is 7.71. The second-order valence-corrected chi connectivity index (χ2v) is 6.59. The van der Waals surface area contributed by atoms with Gasteiger partial charge in [-0.2, -0.15) is 5.10 Å². The van der Waals surface area contributed by atoms with Gasteiger partial charge >= 0.3 is 0 Å². The van der Waals surface area contributed by atoms with Gasteiger partial charge in [-0.25, -0.2) is 0 Å². The molecular formula is C16H27IN6O. The molecule has 134 valence electrons. The van der Waals surface area contributed by atoms with Crippen LogP contribution < -0.4 is 10.6 Å². The van der Waals surface area contributed by atoms with E-state index in [1.807, 2.05) is 29.9 Å². The maximum atomic E-state index is 12.2. The van der Waals surface area contributed by atoms with Gasteiger partial charge in [0.2, 0.25) is 5.91 Å². The third-order valence-electron chi connectivity index (χ3n) is 4.96. The highest BCUT2D eigenvalue weighted by Crippen LogP contribution is 2.37. The number of nitrogens with one attached hydrogen (secondary N) is 2. The zero-order valence-electron chi connectivity index (χ0n) is 14.7. The van der Waals surface area contributed by atoms with Gasteiger partial charge < -0.3 is 15.5 Å². The molecule has 0 unspecified atom stereocenters.